The van der Waals surface area contributed by atoms with Crippen molar-refractivity contribution in [3.8, 4) is 16.9 Å². The van der Waals surface area contributed by atoms with Gasteiger partial charge in [0.2, 0.25) is 0 Å². The molecule has 0 radical (unpaired) electrons. The minimum Gasteiger partial charge on any atom is -0.497 e. The van der Waals surface area contributed by atoms with Gasteiger partial charge in [-0.05, 0) is 41.7 Å². The molecule has 0 atom stereocenters. The number of nitrogens with one attached hydrogen (secondary N) is 1. The maximum atomic E-state index is 5.18. The molecule has 2 nitrogen and oxygen atoms in total. The Hall–Kier alpha value is -1.80. The summed E-state index contributed by atoms with van der Waals surface area (Å²) in [6, 6.07) is 17.7. The highest BCUT2D eigenvalue weighted by Gasteiger charge is 2.19. The second-order valence-electron chi connectivity index (χ2n) is 5.08. The zero-order valence-electron chi connectivity index (χ0n) is 11.2. The molecule has 0 amide bonds. The first-order valence-corrected chi connectivity index (χ1v) is 6.82. The van der Waals surface area contributed by atoms with Crippen molar-refractivity contribution in [1.82, 2.24) is 5.32 Å². The van der Waals surface area contributed by atoms with Crippen LogP contribution in [-0.4, -0.2) is 13.2 Å². The zero-order valence-corrected chi connectivity index (χ0v) is 11.2. The molecule has 0 bridgehead atoms. The molecule has 0 saturated heterocycles. The standard InChI is InChI=1S/C17H19NO/c1-19-17-10-6-15(7-11-17)14-4-2-13(3-5-14)12-18-16-8-9-16/h2-7,10-11,16,18H,8-9,12H2,1H3. The molecule has 1 aliphatic rings. The molecule has 1 fully saturated rings. The van der Waals surface area contributed by atoms with Gasteiger partial charge in [-0.3, -0.25) is 0 Å². The van der Waals surface area contributed by atoms with E-state index in [0.717, 1.165) is 18.3 Å². The van der Waals surface area contributed by atoms with Crippen LogP contribution in [0.2, 0.25) is 0 Å². The molecule has 3 rings (SSSR count). The molecule has 1 N–H and O–H groups in total. The van der Waals surface area contributed by atoms with Gasteiger partial charge >= 0.3 is 0 Å². The van der Waals surface area contributed by atoms with Gasteiger partial charge < -0.3 is 10.1 Å². The van der Waals surface area contributed by atoms with Crippen molar-refractivity contribution in [3.05, 3.63) is 54.1 Å². The molecule has 2 aromatic carbocycles. The van der Waals surface area contributed by atoms with Crippen LogP contribution < -0.4 is 10.1 Å². The Morgan fingerprint density at radius 1 is 0.947 bits per heavy atom. The fourth-order valence-corrected chi connectivity index (χ4v) is 2.15. The minimum absolute atomic E-state index is 0.765. The van der Waals surface area contributed by atoms with E-state index in [9.17, 15) is 0 Å². The molecule has 0 spiro atoms. The lowest BCUT2D eigenvalue weighted by atomic mass is 10.0. The predicted octanol–water partition coefficient (Wildman–Crippen LogP) is 3.61. The van der Waals surface area contributed by atoms with E-state index in [1.807, 2.05) is 12.1 Å². The quantitative estimate of drug-likeness (QED) is 0.878. The van der Waals surface area contributed by atoms with Crippen LogP contribution in [-0.2, 0) is 6.54 Å². The second kappa shape index (κ2) is 5.45. The molecular formula is C17H19NO. The third-order valence-electron chi connectivity index (χ3n) is 3.55. The van der Waals surface area contributed by atoms with E-state index in [1.165, 1.54) is 29.5 Å². The van der Waals surface area contributed by atoms with Crippen LogP contribution in [0.15, 0.2) is 48.5 Å². The SMILES string of the molecule is COc1ccc(-c2ccc(CNC3CC3)cc2)cc1. The van der Waals surface area contributed by atoms with Gasteiger partial charge in [0.15, 0.2) is 0 Å². The molecule has 98 valence electrons. The van der Waals surface area contributed by atoms with Crippen molar-refractivity contribution < 1.29 is 4.74 Å². The van der Waals surface area contributed by atoms with Gasteiger partial charge in [-0.2, -0.15) is 0 Å². The van der Waals surface area contributed by atoms with Gasteiger partial charge in [0.05, 0.1) is 7.11 Å². The Balaban J connectivity index is 1.69. The fraction of sp³-hybridized carbons (Fsp3) is 0.294. The first-order valence-electron chi connectivity index (χ1n) is 6.82. The van der Waals surface area contributed by atoms with Crippen molar-refractivity contribution in [2.75, 3.05) is 7.11 Å². The Bertz CT molecular complexity index is 526. The van der Waals surface area contributed by atoms with Crippen LogP contribution in [0.1, 0.15) is 18.4 Å². The van der Waals surface area contributed by atoms with Crippen molar-refractivity contribution in [2.45, 2.75) is 25.4 Å². The number of ether oxygens (including phenoxy) is 1. The summed E-state index contributed by atoms with van der Waals surface area (Å²) >= 11 is 0. The van der Waals surface area contributed by atoms with Crippen molar-refractivity contribution in [3.63, 3.8) is 0 Å². The molecule has 2 heteroatoms. The van der Waals surface area contributed by atoms with Gasteiger partial charge in [-0.25, -0.2) is 0 Å². The topological polar surface area (TPSA) is 21.3 Å². The highest BCUT2D eigenvalue weighted by atomic mass is 16.5. The third kappa shape index (κ3) is 3.15. The van der Waals surface area contributed by atoms with Gasteiger partial charge in [0.1, 0.15) is 5.75 Å². The fourth-order valence-electron chi connectivity index (χ4n) is 2.15. The highest BCUT2D eigenvalue weighted by Crippen LogP contribution is 2.23. The summed E-state index contributed by atoms with van der Waals surface area (Å²) in [5, 5.41) is 3.53. The summed E-state index contributed by atoms with van der Waals surface area (Å²) in [5.74, 6) is 0.897. The molecule has 0 aromatic heterocycles. The lowest BCUT2D eigenvalue weighted by Crippen LogP contribution is -2.14. The van der Waals surface area contributed by atoms with Crippen LogP contribution in [0.5, 0.6) is 5.75 Å². The third-order valence-corrected chi connectivity index (χ3v) is 3.55. The Morgan fingerprint density at radius 3 is 2.05 bits per heavy atom. The molecule has 1 saturated carbocycles. The lowest BCUT2D eigenvalue weighted by molar-refractivity contribution is 0.415. The zero-order chi connectivity index (χ0) is 13.1. The van der Waals surface area contributed by atoms with Crippen molar-refractivity contribution >= 4 is 0 Å². The Kier molecular flexibility index (Phi) is 3.51. The number of hydrogen-bond acceptors (Lipinski definition) is 2. The molecule has 1 aliphatic carbocycles. The van der Waals surface area contributed by atoms with E-state index in [-0.39, 0.29) is 0 Å². The first-order chi connectivity index (χ1) is 9.35. The number of benzene rings is 2. The first kappa shape index (κ1) is 12.2. The lowest BCUT2D eigenvalue weighted by Gasteiger charge is -2.06. The van der Waals surface area contributed by atoms with E-state index in [2.05, 4.69) is 41.7 Å². The number of methoxy groups -OCH3 is 1. The Labute approximate surface area is 114 Å². The Morgan fingerprint density at radius 2 is 1.53 bits per heavy atom. The maximum absolute atomic E-state index is 5.18. The monoisotopic (exact) mass is 253 g/mol. The van der Waals surface area contributed by atoms with Gasteiger partial charge in [0.25, 0.3) is 0 Å². The van der Waals surface area contributed by atoms with Gasteiger partial charge in [0, 0.05) is 12.6 Å². The molecule has 0 heterocycles. The molecule has 2 aromatic rings. The van der Waals surface area contributed by atoms with Crippen molar-refractivity contribution in [2.24, 2.45) is 0 Å². The molecule has 0 unspecified atom stereocenters. The summed E-state index contributed by atoms with van der Waals surface area (Å²) in [7, 11) is 1.69. The van der Waals surface area contributed by atoms with E-state index >= 15 is 0 Å². The maximum Gasteiger partial charge on any atom is 0.118 e. The summed E-state index contributed by atoms with van der Waals surface area (Å²) in [6.07, 6.45) is 2.67. The van der Waals surface area contributed by atoms with E-state index in [1.54, 1.807) is 7.11 Å². The van der Waals surface area contributed by atoms with Crippen molar-refractivity contribution in [1.29, 1.82) is 0 Å². The van der Waals surface area contributed by atoms with Crippen LogP contribution in [0.3, 0.4) is 0 Å². The molecule has 0 aliphatic heterocycles. The summed E-state index contributed by atoms with van der Waals surface area (Å²) in [6.45, 7) is 0.980. The van der Waals surface area contributed by atoms with Crippen LogP contribution in [0.4, 0.5) is 0 Å². The van der Waals surface area contributed by atoms with Crippen LogP contribution in [0.25, 0.3) is 11.1 Å². The smallest absolute Gasteiger partial charge is 0.118 e. The minimum atomic E-state index is 0.765. The normalized spacial score (nSPS) is 14.4. The number of rotatable bonds is 5. The average molecular weight is 253 g/mol. The molecule has 19 heavy (non-hydrogen) atoms. The summed E-state index contributed by atoms with van der Waals surface area (Å²) in [4.78, 5) is 0. The second-order valence-corrected chi connectivity index (χ2v) is 5.08. The summed E-state index contributed by atoms with van der Waals surface area (Å²) in [5.41, 5.74) is 3.82. The van der Waals surface area contributed by atoms with E-state index in [0.29, 0.717) is 0 Å². The van der Waals surface area contributed by atoms with E-state index in [4.69, 9.17) is 4.74 Å². The summed E-state index contributed by atoms with van der Waals surface area (Å²) < 4.78 is 5.18. The average Bonchev–Trinajstić information content (AvgIpc) is 3.30. The van der Waals surface area contributed by atoms with E-state index < -0.39 is 0 Å². The van der Waals surface area contributed by atoms with Gasteiger partial charge in [-0.15, -0.1) is 0 Å². The predicted molar refractivity (Wildman–Crippen MR) is 78.3 cm³/mol. The van der Waals surface area contributed by atoms with Crippen LogP contribution in [0, 0.1) is 0 Å². The van der Waals surface area contributed by atoms with Gasteiger partial charge in [-0.1, -0.05) is 36.4 Å². The highest BCUT2D eigenvalue weighted by molar-refractivity contribution is 5.64. The largest absolute Gasteiger partial charge is 0.497 e. The number of hydrogen-bond donors (Lipinski definition) is 1. The molecular weight excluding hydrogens is 234 g/mol. The van der Waals surface area contributed by atoms with Crippen LogP contribution >= 0.6 is 0 Å².